The van der Waals surface area contributed by atoms with Crippen LogP contribution in [0.2, 0.25) is 0 Å². The second-order valence-corrected chi connectivity index (χ2v) is 9.74. The van der Waals surface area contributed by atoms with Gasteiger partial charge in [-0.3, -0.25) is 14.4 Å². The number of anilines is 3. The Morgan fingerprint density at radius 2 is 1.85 bits per heavy atom. The fourth-order valence-corrected chi connectivity index (χ4v) is 4.37. The van der Waals surface area contributed by atoms with Crippen molar-refractivity contribution in [3.8, 4) is 0 Å². The molecule has 1 unspecified atom stereocenters. The summed E-state index contributed by atoms with van der Waals surface area (Å²) in [4.78, 5) is 47.2. The van der Waals surface area contributed by atoms with Crippen molar-refractivity contribution >= 4 is 35.2 Å². The fourth-order valence-electron chi connectivity index (χ4n) is 4.37. The van der Waals surface area contributed by atoms with Gasteiger partial charge in [-0.1, -0.05) is 6.08 Å². The molecule has 0 radical (unpaired) electrons. The van der Waals surface area contributed by atoms with Gasteiger partial charge in [-0.05, 0) is 51.2 Å². The summed E-state index contributed by atoms with van der Waals surface area (Å²) < 4.78 is 5.31. The van der Waals surface area contributed by atoms with E-state index in [-0.39, 0.29) is 35.3 Å². The maximum Gasteiger partial charge on any atom is 0.273 e. The first-order valence-electron chi connectivity index (χ1n) is 13.0. The average Bonchev–Trinajstić information content (AvgIpc) is 2.93. The lowest BCUT2D eigenvalue weighted by atomic mass is 10.1. The Balaban J connectivity index is 1.42. The van der Waals surface area contributed by atoms with Crippen molar-refractivity contribution in [2.75, 3.05) is 70.7 Å². The number of benzene rings is 1. The number of carbonyl (C=O) groups excluding carboxylic acids is 3. The van der Waals surface area contributed by atoms with Crippen LogP contribution in [0, 0.1) is 0 Å². The molecule has 1 aromatic carbocycles. The third-order valence-corrected chi connectivity index (χ3v) is 6.41. The van der Waals surface area contributed by atoms with Gasteiger partial charge in [0, 0.05) is 56.1 Å². The van der Waals surface area contributed by atoms with E-state index in [0.717, 1.165) is 12.8 Å². The summed E-state index contributed by atoms with van der Waals surface area (Å²) in [6, 6.07) is 6.78. The Kier molecular flexibility index (Phi) is 9.39. The highest BCUT2D eigenvalue weighted by molar-refractivity contribution is 5.97. The van der Waals surface area contributed by atoms with Gasteiger partial charge in [-0.2, -0.15) is 4.98 Å². The van der Waals surface area contributed by atoms with E-state index in [4.69, 9.17) is 10.5 Å². The molecule has 0 spiro atoms. The van der Waals surface area contributed by atoms with Gasteiger partial charge in [0.2, 0.25) is 11.9 Å². The lowest BCUT2D eigenvalue weighted by Gasteiger charge is -2.32. The summed E-state index contributed by atoms with van der Waals surface area (Å²) in [5, 5.41) is 14.3. The summed E-state index contributed by atoms with van der Waals surface area (Å²) in [5.74, 6) is -0.524. The Morgan fingerprint density at radius 1 is 1.10 bits per heavy atom. The quantitative estimate of drug-likeness (QED) is 0.389. The van der Waals surface area contributed by atoms with E-state index in [1.54, 1.807) is 40.1 Å². The highest BCUT2D eigenvalue weighted by Crippen LogP contribution is 2.21. The molecule has 1 aromatic heterocycles. The predicted molar refractivity (Wildman–Crippen MR) is 146 cm³/mol. The lowest BCUT2D eigenvalue weighted by molar-refractivity contribution is -0.127. The average molecular weight is 538 g/mol. The highest BCUT2D eigenvalue weighted by Gasteiger charge is 2.24. The molecule has 3 amide bonds. The zero-order valence-electron chi connectivity index (χ0n) is 22.3. The molecule has 208 valence electrons. The molecule has 4 N–H and O–H groups in total. The zero-order chi connectivity index (χ0) is 27.8. The first-order valence-corrected chi connectivity index (χ1v) is 13.0. The van der Waals surface area contributed by atoms with Crippen LogP contribution in [-0.4, -0.2) is 114 Å². The summed E-state index contributed by atoms with van der Waals surface area (Å²) in [6.07, 6.45) is 5.10. The van der Waals surface area contributed by atoms with E-state index in [2.05, 4.69) is 25.8 Å². The molecule has 2 fully saturated rings. The minimum Gasteiger partial charge on any atom is -0.378 e. The van der Waals surface area contributed by atoms with Gasteiger partial charge in [-0.25, -0.2) is 0 Å². The fraction of sp³-hybridized carbons (Fsp3) is 0.462. The number of hydrogen-bond acceptors (Lipinski definition) is 10. The molecule has 2 aromatic rings. The number of nitrogens with zero attached hydrogens (tertiary/aromatic N) is 6. The van der Waals surface area contributed by atoms with E-state index in [0.29, 0.717) is 57.2 Å². The Morgan fingerprint density at radius 3 is 2.54 bits per heavy atom. The van der Waals surface area contributed by atoms with Crippen molar-refractivity contribution in [2.24, 2.45) is 5.73 Å². The molecule has 2 aliphatic rings. The van der Waals surface area contributed by atoms with Gasteiger partial charge >= 0.3 is 0 Å². The summed E-state index contributed by atoms with van der Waals surface area (Å²) in [7, 11) is 3.89. The molecule has 0 aliphatic carbocycles. The number of likely N-dealkylation sites (tertiary alicyclic amines) is 1. The largest absolute Gasteiger partial charge is 0.378 e. The number of nitrogens with one attached hydrogen (secondary N) is 2. The summed E-state index contributed by atoms with van der Waals surface area (Å²) in [5.41, 5.74) is 6.54. The van der Waals surface area contributed by atoms with Crippen molar-refractivity contribution in [2.45, 2.75) is 18.9 Å². The van der Waals surface area contributed by atoms with Crippen molar-refractivity contribution in [1.29, 1.82) is 0 Å². The molecule has 0 saturated carbocycles. The number of amides is 3. The molecular weight excluding hydrogens is 502 g/mol. The van der Waals surface area contributed by atoms with Crippen LogP contribution in [-0.2, 0) is 9.53 Å². The molecule has 13 heteroatoms. The van der Waals surface area contributed by atoms with E-state index < -0.39 is 5.91 Å². The summed E-state index contributed by atoms with van der Waals surface area (Å²) in [6.45, 7) is 4.04. The minimum atomic E-state index is -0.776. The molecular formula is C26H35N9O4. The maximum atomic E-state index is 12.7. The van der Waals surface area contributed by atoms with Crippen molar-refractivity contribution in [1.82, 2.24) is 29.9 Å². The SMILES string of the molecule is CN(C)C/C=C/C(=O)N1CCCC(Nc2nnc(C(N)=O)c(Nc3ccc(C(=O)N4CCOCC4)cc3)n2)C1. The maximum absolute atomic E-state index is 12.7. The number of ether oxygens (including phenoxy) is 1. The minimum absolute atomic E-state index is 0.0376. The first-order chi connectivity index (χ1) is 18.8. The number of primary amides is 1. The molecule has 13 nitrogen and oxygen atoms in total. The van der Waals surface area contributed by atoms with Crippen LogP contribution in [0.4, 0.5) is 17.5 Å². The monoisotopic (exact) mass is 537 g/mol. The van der Waals surface area contributed by atoms with Crippen LogP contribution in [0.1, 0.15) is 33.7 Å². The molecule has 4 rings (SSSR count). The molecule has 0 bridgehead atoms. The Hall–Kier alpha value is -4.10. The number of likely N-dealkylation sites (N-methyl/N-ethyl adjacent to an activating group) is 1. The second-order valence-electron chi connectivity index (χ2n) is 9.74. The zero-order valence-corrected chi connectivity index (χ0v) is 22.3. The normalized spacial score (nSPS) is 17.9. The van der Waals surface area contributed by atoms with Crippen LogP contribution in [0.25, 0.3) is 0 Å². The number of hydrogen-bond donors (Lipinski definition) is 3. The number of carbonyl (C=O) groups is 3. The lowest BCUT2D eigenvalue weighted by Crippen LogP contribution is -2.44. The second kappa shape index (κ2) is 13.1. The van der Waals surface area contributed by atoms with Crippen molar-refractivity contribution in [3.05, 3.63) is 47.7 Å². The molecule has 2 aliphatic heterocycles. The summed E-state index contributed by atoms with van der Waals surface area (Å²) >= 11 is 0. The first kappa shape index (κ1) is 27.9. The smallest absolute Gasteiger partial charge is 0.273 e. The number of morpholine rings is 1. The van der Waals surface area contributed by atoms with E-state index in [9.17, 15) is 14.4 Å². The van der Waals surface area contributed by atoms with Crippen LogP contribution in [0.15, 0.2) is 36.4 Å². The van der Waals surface area contributed by atoms with Gasteiger partial charge < -0.3 is 35.8 Å². The standard InChI is InChI=1S/C26H35N9O4/c1-33(2)11-4-6-21(36)35-12-3-5-20(17-35)29-26-30-24(22(23(27)37)31-32-26)28-19-9-7-18(8-10-19)25(38)34-13-15-39-16-14-34/h4,6-10,20H,3,5,11-17H2,1-2H3,(H2,27,37)(H2,28,29,30,32)/b6-4+. The van der Waals surface area contributed by atoms with E-state index in [1.165, 1.54) is 0 Å². The number of piperidine rings is 1. The molecule has 3 heterocycles. The van der Waals surface area contributed by atoms with Crippen LogP contribution >= 0.6 is 0 Å². The van der Waals surface area contributed by atoms with Gasteiger partial charge in [-0.15, -0.1) is 10.2 Å². The molecule has 1 atom stereocenters. The Labute approximate surface area is 227 Å². The van der Waals surface area contributed by atoms with Gasteiger partial charge in [0.05, 0.1) is 13.2 Å². The van der Waals surface area contributed by atoms with Crippen LogP contribution < -0.4 is 16.4 Å². The molecule has 39 heavy (non-hydrogen) atoms. The van der Waals surface area contributed by atoms with Crippen molar-refractivity contribution < 1.29 is 19.1 Å². The van der Waals surface area contributed by atoms with Gasteiger partial charge in [0.15, 0.2) is 11.5 Å². The van der Waals surface area contributed by atoms with Crippen LogP contribution in [0.3, 0.4) is 0 Å². The van der Waals surface area contributed by atoms with Gasteiger partial charge in [0.1, 0.15) is 0 Å². The van der Waals surface area contributed by atoms with E-state index in [1.807, 2.05) is 25.1 Å². The van der Waals surface area contributed by atoms with E-state index >= 15 is 0 Å². The topological polar surface area (TPSA) is 159 Å². The number of aromatic nitrogens is 3. The number of rotatable bonds is 9. The van der Waals surface area contributed by atoms with Crippen molar-refractivity contribution in [3.63, 3.8) is 0 Å². The molecule has 2 saturated heterocycles. The predicted octanol–water partition coefficient (Wildman–Crippen LogP) is 0.707. The number of nitrogens with two attached hydrogens (primary N) is 1. The van der Waals surface area contributed by atoms with Crippen LogP contribution in [0.5, 0.6) is 0 Å². The van der Waals surface area contributed by atoms with Gasteiger partial charge in [0.25, 0.3) is 11.8 Å². The third-order valence-electron chi connectivity index (χ3n) is 6.41. The highest BCUT2D eigenvalue weighted by atomic mass is 16.5. The Bertz CT molecular complexity index is 1200. The third kappa shape index (κ3) is 7.71.